The van der Waals surface area contributed by atoms with Crippen molar-refractivity contribution >= 4 is 18.1 Å². The molecule has 0 saturated heterocycles. The Morgan fingerprint density at radius 3 is 2.77 bits per heavy atom. The van der Waals surface area contributed by atoms with Gasteiger partial charge in [-0.3, -0.25) is 14.8 Å². The number of H-pyrrole nitrogens is 1. The maximum atomic E-state index is 11.9. The predicted octanol–water partition coefficient (Wildman–Crippen LogP) is 2.14. The third-order valence-corrected chi connectivity index (χ3v) is 3.24. The summed E-state index contributed by atoms with van der Waals surface area (Å²) in [5.74, 6) is 0.192. The van der Waals surface area contributed by atoms with Crippen molar-refractivity contribution in [2.24, 2.45) is 5.10 Å². The molecule has 8 nitrogen and oxygen atoms in total. The predicted molar refractivity (Wildman–Crippen MR) is 96.4 cm³/mol. The topological polar surface area (TPSA) is 109 Å². The van der Waals surface area contributed by atoms with Gasteiger partial charge in [-0.05, 0) is 48.9 Å². The average Bonchev–Trinajstić information content (AvgIpc) is 2.63. The number of carbonyl (C=O) groups excluding carboxylic acids is 1. The van der Waals surface area contributed by atoms with E-state index in [4.69, 9.17) is 4.74 Å². The molecule has 130 valence electrons. The molecule has 0 radical (unpaired) electrons. The average molecular weight is 349 g/mol. The molecule has 2 aromatic heterocycles. The molecular weight excluding hydrogens is 334 g/mol. The zero-order valence-electron chi connectivity index (χ0n) is 13.8. The molecule has 2 heterocycles. The van der Waals surface area contributed by atoms with Gasteiger partial charge in [0.05, 0.1) is 11.8 Å². The molecule has 1 aromatic carbocycles. The fourth-order valence-corrected chi connectivity index (χ4v) is 2.07. The Balaban J connectivity index is 1.60. The maximum Gasteiger partial charge on any atom is 0.345 e. The fraction of sp³-hybridized carbons (Fsp3) is 0.0556. The number of aryl methyl sites for hydroxylation is 1. The quantitative estimate of drug-likeness (QED) is 0.316. The Morgan fingerprint density at radius 1 is 1.27 bits per heavy atom. The lowest BCUT2D eigenvalue weighted by atomic mass is 10.2. The highest BCUT2D eigenvalue weighted by Crippen LogP contribution is 2.13. The van der Waals surface area contributed by atoms with Crippen LogP contribution in [0, 0.1) is 6.92 Å². The van der Waals surface area contributed by atoms with E-state index in [1.54, 1.807) is 55.7 Å². The minimum atomic E-state index is -0.476. The molecule has 0 aliphatic carbocycles. The van der Waals surface area contributed by atoms with E-state index in [0.29, 0.717) is 17.0 Å². The number of pyridine rings is 1. The van der Waals surface area contributed by atoms with E-state index in [1.807, 2.05) is 0 Å². The summed E-state index contributed by atoms with van der Waals surface area (Å²) in [5, 5.41) is 4.01. The first-order valence-corrected chi connectivity index (χ1v) is 7.69. The summed E-state index contributed by atoms with van der Waals surface area (Å²) in [6, 6.07) is 11.5. The summed E-state index contributed by atoms with van der Waals surface area (Å²) in [4.78, 5) is 33.8. The van der Waals surface area contributed by atoms with Crippen molar-refractivity contribution in [3.63, 3.8) is 0 Å². The van der Waals surface area contributed by atoms with Crippen LogP contribution in [0.5, 0.6) is 5.75 Å². The second-order valence-corrected chi connectivity index (χ2v) is 5.31. The molecule has 3 rings (SSSR count). The van der Waals surface area contributed by atoms with Gasteiger partial charge >= 0.3 is 5.97 Å². The number of anilines is 1. The number of rotatable bonds is 5. The summed E-state index contributed by atoms with van der Waals surface area (Å²) in [6.45, 7) is 1.72. The van der Waals surface area contributed by atoms with Gasteiger partial charge in [0.25, 0.3) is 5.56 Å². The van der Waals surface area contributed by atoms with Crippen LogP contribution in [-0.4, -0.2) is 27.1 Å². The first-order valence-electron chi connectivity index (χ1n) is 7.69. The van der Waals surface area contributed by atoms with Crippen LogP contribution in [0.3, 0.4) is 0 Å². The van der Waals surface area contributed by atoms with Crippen molar-refractivity contribution in [2.75, 3.05) is 5.43 Å². The van der Waals surface area contributed by atoms with Gasteiger partial charge in [0.2, 0.25) is 5.95 Å². The molecule has 3 aromatic rings. The van der Waals surface area contributed by atoms with Crippen molar-refractivity contribution in [3.8, 4) is 5.75 Å². The zero-order chi connectivity index (χ0) is 18.4. The largest absolute Gasteiger partial charge is 0.423 e. The third-order valence-electron chi connectivity index (χ3n) is 3.24. The molecule has 0 aliphatic heterocycles. The summed E-state index contributed by atoms with van der Waals surface area (Å²) >= 11 is 0. The highest BCUT2D eigenvalue weighted by molar-refractivity contribution is 5.90. The molecule has 0 atom stereocenters. The van der Waals surface area contributed by atoms with Gasteiger partial charge < -0.3 is 4.74 Å². The number of hydrogen-bond acceptors (Lipinski definition) is 7. The van der Waals surface area contributed by atoms with Crippen molar-refractivity contribution in [2.45, 2.75) is 6.92 Å². The van der Waals surface area contributed by atoms with Crippen LogP contribution in [0.15, 0.2) is 64.8 Å². The number of aromatic nitrogens is 3. The molecule has 26 heavy (non-hydrogen) atoms. The van der Waals surface area contributed by atoms with Crippen LogP contribution >= 0.6 is 0 Å². The van der Waals surface area contributed by atoms with Crippen LogP contribution in [-0.2, 0) is 0 Å². The van der Waals surface area contributed by atoms with Gasteiger partial charge in [-0.1, -0.05) is 0 Å². The monoisotopic (exact) mass is 349 g/mol. The molecule has 8 heteroatoms. The van der Waals surface area contributed by atoms with Gasteiger partial charge in [-0.25, -0.2) is 15.2 Å². The van der Waals surface area contributed by atoms with Crippen LogP contribution in [0.1, 0.15) is 21.6 Å². The lowest BCUT2D eigenvalue weighted by molar-refractivity contribution is 0.0734. The SMILES string of the molecule is Cc1cc(=O)[nH]c(N/N=C\c2ccc(OC(=O)c3cccnc3)cc2)n1. The fourth-order valence-electron chi connectivity index (χ4n) is 2.07. The number of nitrogens with one attached hydrogen (secondary N) is 2. The van der Waals surface area contributed by atoms with Crippen LogP contribution in [0.25, 0.3) is 0 Å². The van der Waals surface area contributed by atoms with Gasteiger partial charge in [0.15, 0.2) is 0 Å². The maximum absolute atomic E-state index is 11.9. The number of aromatic amines is 1. The highest BCUT2D eigenvalue weighted by atomic mass is 16.5. The number of nitrogens with zero attached hydrogens (tertiary/aromatic N) is 3. The first kappa shape index (κ1) is 17.0. The lowest BCUT2D eigenvalue weighted by Crippen LogP contribution is -2.10. The second-order valence-electron chi connectivity index (χ2n) is 5.31. The number of ether oxygens (including phenoxy) is 1. The Labute approximate surface area is 148 Å². The molecule has 0 bridgehead atoms. The lowest BCUT2D eigenvalue weighted by Gasteiger charge is -2.04. The molecule has 0 amide bonds. The molecule has 0 aliphatic rings. The van der Waals surface area contributed by atoms with Crippen LogP contribution in [0.4, 0.5) is 5.95 Å². The summed E-state index contributed by atoms with van der Waals surface area (Å²) in [7, 11) is 0. The normalized spacial score (nSPS) is 10.7. The van der Waals surface area contributed by atoms with E-state index in [0.717, 1.165) is 5.56 Å². The molecule has 2 N–H and O–H groups in total. The minimum Gasteiger partial charge on any atom is -0.423 e. The van der Waals surface area contributed by atoms with Crippen molar-refractivity contribution in [3.05, 3.63) is 82.0 Å². The van der Waals surface area contributed by atoms with Gasteiger partial charge in [0, 0.05) is 24.2 Å². The van der Waals surface area contributed by atoms with Crippen molar-refractivity contribution in [1.29, 1.82) is 0 Å². The number of carbonyl (C=O) groups is 1. The smallest absolute Gasteiger partial charge is 0.345 e. The van der Waals surface area contributed by atoms with E-state index in [1.165, 1.54) is 12.3 Å². The minimum absolute atomic E-state index is 0.255. The zero-order valence-corrected chi connectivity index (χ0v) is 13.8. The van der Waals surface area contributed by atoms with Crippen molar-refractivity contribution in [1.82, 2.24) is 15.0 Å². The molecule has 0 fully saturated rings. The Kier molecular flexibility index (Phi) is 5.14. The van der Waals surface area contributed by atoms with Gasteiger partial charge in [-0.2, -0.15) is 5.10 Å². The van der Waals surface area contributed by atoms with E-state index >= 15 is 0 Å². The van der Waals surface area contributed by atoms with Crippen LogP contribution < -0.4 is 15.7 Å². The Bertz CT molecular complexity index is 982. The van der Waals surface area contributed by atoms with Crippen molar-refractivity contribution < 1.29 is 9.53 Å². The standard InChI is InChI=1S/C18H15N5O3/c1-12-9-16(24)22-18(21-12)23-20-10-13-4-6-15(7-5-13)26-17(25)14-3-2-8-19-11-14/h2-11H,1H3,(H2,21,22,23,24)/b20-10-. The van der Waals surface area contributed by atoms with E-state index in [-0.39, 0.29) is 11.5 Å². The van der Waals surface area contributed by atoms with Crippen LogP contribution in [0.2, 0.25) is 0 Å². The van der Waals surface area contributed by atoms with E-state index < -0.39 is 5.97 Å². The second kappa shape index (κ2) is 7.84. The van der Waals surface area contributed by atoms with E-state index in [2.05, 4.69) is 25.5 Å². The number of hydrazone groups is 1. The molecular formula is C18H15N5O3. The third kappa shape index (κ3) is 4.60. The van der Waals surface area contributed by atoms with Gasteiger partial charge in [0.1, 0.15) is 5.75 Å². The Morgan fingerprint density at radius 2 is 2.08 bits per heavy atom. The number of hydrogen-bond donors (Lipinski definition) is 2. The number of esters is 1. The van der Waals surface area contributed by atoms with E-state index in [9.17, 15) is 9.59 Å². The Hall–Kier alpha value is -3.81. The van der Waals surface area contributed by atoms with Gasteiger partial charge in [-0.15, -0.1) is 0 Å². The molecule has 0 saturated carbocycles. The molecule has 0 spiro atoms. The summed E-state index contributed by atoms with van der Waals surface area (Å²) in [6.07, 6.45) is 4.58. The highest BCUT2D eigenvalue weighted by Gasteiger charge is 2.07. The summed E-state index contributed by atoms with van der Waals surface area (Å²) in [5.41, 5.74) is 4.14. The first-order chi connectivity index (χ1) is 12.6. The molecule has 0 unspecified atom stereocenters. The summed E-state index contributed by atoms with van der Waals surface area (Å²) < 4.78 is 5.27. The number of benzene rings is 1.